The van der Waals surface area contributed by atoms with Crippen molar-refractivity contribution in [1.82, 2.24) is 19.1 Å². The molecule has 0 aliphatic carbocycles. The summed E-state index contributed by atoms with van der Waals surface area (Å²) in [5, 5.41) is 1.45. The monoisotopic (exact) mass is 484 g/mol. The minimum absolute atomic E-state index is 0.121. The minimum Gasteiger partial charge on any atom is -0.327 e. The van der Waals surface area contributed by atoms with Crippen LogP contribution in [0.2, 0.25) is 10.0 Å². The van der Waals surface area contributed by atoms with Gasteiger partial charge in [-0.25, -0.2) is 9.97 Å². The van der Waals surface area contributed by atoms with E-state index in [1.807, 2.05) is 24.3 Å². The molecule has 0 unspecified atom stereocenters. The normalized spacial score (nSPS) is 11.9. The number of nitrogens with zero attached hydrogens (tertiary/aromatic N) is 4. The Morgan fingerprint density at radius 1 is 0.697 bits per heavy atom. The van der Waals surface area contributed by atoms with Crippen LogP contribution in [0.3, 0.4) is 0 Å². The lowest BCUT2D eigenvalue weighted by Gasteiger charge is -2.20. The van der Waals surface area contributed by atoms with E-state index < -0.39 is 0 Å². The fraction of sp³-hybridized carbons (Fsp3) is 0.481. The van der Waals surface area contributed by atoms with Crippen molar-refractivity contribution in [3.05, 3.63) is 58.1 Å². The maximum Gasteiger partial charge on any atom is 0.120 e. The van der Waals surface area contributed by atoms with E-state index in [0.29, 0.717) is 0 Å². The Morgan fingerprint density at radius 3 is 1.58 bits per heavy atom. The molecule has 6 heteroatoms. The standard InChI is InChI=1S/C27H34Cl2N4/c1-4-7-10-21(26-30-22-17-19(28)11-13-24(22)32(26)15-8-5-2)27-31-23-18-20(29)12-14-25(23)33(27)16-9-6-3/h11-14,17-18,21H,4-10,15-16H2,1-3H3. The lowest BCUT2D eigenvalue weighted by atomic mass is 9.99. The second kappa shape index (κ2) is 10.9. The maximum absolute atomic E-state index is 6.34. The first-order valence-electron chi connectivity index (χ1n) is 12.4. The van der Waals surface area contributed by atoms with Crippen LogP contribution >= 0.6 is 23.2 Å². The molecular weight excluding hydrogens is 451 g/mol. The molecule has 4 rings (SSSR count). The second-order valence-electron chi connectivity index (χ2n) is 8.91. The number of aromatic nitrogens is 4. The first-order valence-corrected chi connectivity index (χ1v) is 13.1. The number of benzene rings is 2. The highest BCUT2D eigenvalue weighted by molar-refractivity contribution is 6.31. The van der Waals surface area contributed by atoms with Crippen molar-refractivity contribution in [3.8, 4) is 0 Å². The Kier molecular flexibility index (Phi) is 7.98. The van der Waals surface area contributed by atoms with Gasteiger partial charge in [-0.15, -0.1) is 0 Å². The van der Waals surface area contributed by atoms with Gasteiger partial charge in [0, 0.05) is 23.1 Å². The fourth-order valence-corrected chi connectivity index (χ4v) is 4.99. The zero-order chi connectivity index (χ0) is 23.4. The summed E-state index contributed by atoms with van der Waals surface area (Å²) in [5.74, 6) is 2.33. The Labute approximate surface area is 206 Å². The quantitative estimate of drug-likeness (QED) is 0.213. The molecule has 2 aromatic carbocycles. The summed E-state index contributed by atoms with van der Waals surface area (Å²) >= 11 is 12.7. The Morgan fingerprint density at radius 2 is 1.15 bits per heavy atom. The molecule has 0 saturated heterocycles. The van der Waals surface area contributed by atoms with Gasteiger partial charge >= 0.3 is 0 Å². The van der Waals surface area contributed by atoms with Crippen LogP contribution in [-0.2, 0) is 13.1 Å². The van der Waals surface area contributed by atoms with Crippen LogP contribution in [0.25, 0.3) is 22.1 Å². The van der Waals surface area contributed by atoms with Crippen molar-refractivity contribution < 1.29 is 0 Å². The molecule has 0 aliphatic rings. The van der Waals surface area contributed by atoms with Gasteiger partial charge in [0.15, 0.2) is 0 Å². The lowest BCUT2D eigenvalue weighted by molar-refractivity contribution is 0.517. The van der Waals surface area contributed by atoms with Gasteiger partial charge in [0.05, 0.1) is 28.0 Å². The van der Waals surface area contributed by atoms with E-state index in [-0.39, 0.29) is 5.92 Å². The maximum atomic E-state index is 6.34. The van der Waals surface area contributed by atoms with E-state index in [9.17, 15) is 0 Å². The second-order valence-corrected chi connectivity index (χ2v) is 9.78. The summed E-state index contributed by atoms with van der Waals surface area (Å²) in [5.41, 5.74) is 4.25. The number of halogens is 2. The van der Waals surface area contributed by atoms with E-state index in [1.54, 1.807) is 0 Å². The fourth-order valence-electron chi connectivity index (χ4n) is 4.66. The van der Waals surface area contributed by atoms with Crippen LogP contribution in [0.4, 0.5) is 0 Å². The molecule has 0 radical (unpaired) electrons. The van der Waals surface area contributed by atoms with Crippen LogP contribution in [-0.4, -0.2) is 19.1 Å². The third-order valence-electron chi connectivity index (χ3n) is 6.42. The van der Waals surface area contributed by atoms with E-state index in [0.717, 1.165) is 102 Å². The van der Waals surface area contributed by atoms with Crippen LogP contribution in [0.15, 0.2) is 36.4 Å². The van der Waals surface area contributed by atoms with Crippen molar-refractivity contribution >= 4 is 45.3 Å². The average Bonchev–Trinajstić information content (AvgIpc) is 3.33. The van der Waals surface area contributed by atoms with E-state index in [1.165, 1.54) is 0 Å². The third kappa shape index (κ3) is 5.07. The highest BCUT2D eigenvalue weighted by Gasteiger charge is 2.27. The predicted octanol–water partition coefficient (Wildman–Crippen LogP) is 8.62. The van der Waals surface area contributed by atoms with E-state index >= 15 is 0 Å². The van der Waals surface area contributed by atoms with Gasteiger partial charge < -0.3 is 9.13 Å². The van der Waals surface area contributed by atoms with Crippen LogP contribution in [0.5, 0.6) is 0 Å². The highest BCUT2D eigenvalue weighted by atomic mass is 35.5. The molecule has 0 aliphatic heterocycles. The molecule has 0 bridgehead atoms. The molecule has 176 valence electrons. The highest BCUT2D eigenvalue weighted by Crippen LogP contribution is 2.35. The predicted molar refractivity (Wildman–Crippen MR) is 141 cm³/mol. The summed E-state index contributed by atoms with van der Waals surface area (Å²) < 4.78 is 4.82. The molecule has 0 amide bonds. The lowest BCUT2D eigenvalue weighted by Crippen LogP contribution is -2.16. The topological polar surface area (TPSA) is 35.6 Å². The number of imidazole rings is 2. The smallest absolute Gasteiger partial charge is 0.120 e. The SMILES string of the molecule is CCCCC(c1nc2cc(Cl)ccc2n1CCCC)c1nc2cc(Cl)ccc2n1CCCC. The van der Waals surface area contributed by atoms with Crippen molar-refractivity contribution in [2.24, 2.45) is 0 Å². The van der Waals surface area contributed by atoms with Gasteiger partial charge in [-0.05, 0) is 55.7 Å². The Hall–Kier alpha value is -2.04. The van der Waals surface area contributed by atoms with Crippen molar-refractivity contribution in [2.45, 2.75) is 84.7 Å². The average molecular weight is 486 g/mol. The number of hydrogen-bond acceptors (Lipinski definition) is 2. The summed E-state index contributed by atoms with van der Waals surface area (Å²) in [6, 6.07) is 12.1. The van der Waals surface area contributed by atoms with Gasteiger partial charge in [-0.1, -0.05) is 69.7 Å². The molecule has 4 aromatic rings. The van der Waals surface area contributed by atoms with Gasteiger partial charge in [0.1, 0.15) is 11.6 Å². The summed E-state index contributed by atoms with van der Waals surface area (Å²) in [7, 11) is 0. The molecule has 2 heterocycles. The zero-order valence-electron chi connectivity index (χ0n) is 20.0. The minimum atomic E-state index is 0.121. The molecule has 0 saturated carbocycles. The number of unbranched alkanes of at least 4 members (excludes halogenated alkanes) is 3. The molecule has 4 nitrogen and oxygen atoms in total. The molecule has 0 spiro atoms. The number of fused-ring (bicyclic) bond motifs is 2. The first kappa shape index (κ1) is 24.1. The third-order valence-corrected chi connectivity index (χ3v) is 6.89. The number of aryl methyl sites for hydroxylation is 2. The summed E-state index contributed by atoms with van der Waals surface area (Å²) in [4.78, 5) is 10.3. The largest absolute Gasteiger partial charge is 0.327 e. The van der Waals surface area contributed by atoms with Crippen LogP contribution in [0, 0.1) is 0 Å². The van der Waals surface area contributed by atoms with Gasteiger partial charge in [0.2, 0.25) is 0 Å². The van der Waals surface area contributed by atoms with Crippen molar-refractivity contribution in [3.63, 3.8) is 0 Å². The molecule has 2 aromatic heterocycles. The molecule has 0 N–H and O–H groups in total. The molecule has 0 fully saturated rings. The zero-order valence-corrected chi connectivity index (χ0v) is 21.5. The molecule has 0 atom stereocenters. The van der Waals surface area contributed by atoms with Crippen LogP contribution < -0.4 is 0 Å². The van der Waals surface area contributed by atoms with Crippen LogP contribution in [0.1, 0.15) is 83.3 Å². The molecule has 33 heavy (non-hydrogen) atoms. The van der Waals surface area contributed by atoms with E-state index in [4.69, 9.17) is 33.2 Å². The Balaban J connectivity index is 1.92. The molecular formula is C27H34Cl2N4. The van der Waals surface area contributed by atoms with Gasteiger partial charge in [0.25, 0.3) is 0 Å². The number of rotatable bonds is 11. The summed E-state index contributed by atoms with van der Waals surface area (Å²) in [6.07, 6.45) is 7.79. The van der Waals surface area contributed by atoms with Gasteiger partial charge in [-0.2, -0.15) is 0 Å². The van der Waals surface area contributed by atoms with Gasteiger partial charge in [-0.3, -0.25) is 0 Å². The van der Waals surface area contributed by atoms with Crippen molar-refractivity contribution in [1.29, 1.82) is 0 Å². The summed E-state index contributed by atoms with van der Waals surface area (Å²) in [6.45, 7) is 8.62. The van der Waals surface area contributed by atoms with E-state index in [2.05, 4.69) is 42.0 Å². The first-order chi connectivity index (χ1) is 16.1. The van der Waals surface area contributed by atoms with Crippen molar-refractivity contribution in [2.75, 3.05) is 0 Å². The number of hydrogen-bond donors (Lipinski definition) is 0. The Bertz CT molecular complexity index is 1130.